The van der Waals surface area contributed by atoms with E-state index in [4.69, 9.17) is 0 Å². The van der Waals surface area contributed by atoms with E-state index < -0.39 is 16.6 Å². The first-order valence-corrected chi connectivity index (χ1v) is 10.7. The summed E-state index contributed by atoms with van der Waals surface area (Å²) in [6.07, 6.45) is 6.41. The molecule has 34 heavy (non-hydrogen) atoms. The molecule has 172 valence electrons. The van der Waals surface area contributed by atoms with Gasteiger partial charge in [0.25, 0.3) is 11.6 Å². The van der Waals surface area contributed by atoms with Crippen molar-refractivity contribution in [1.29, 1.82) is 0 Å². The van der Waals surface area contributed by atoms with Gasteiger partial charge in [0.15, 0.2) is 5.82 Å². The second-order valence-electron chi connectivity index (χ2n) is 7.85. The highest BCUT2D eigenvalue weighted by molar-refractivity contribution is 6.05. The average Bonchev–Trinajstić information content (AvgIpc) is 3.45. The molecule has 1 aliphatic rings. The van der Waals surface area contributed by atoms with Gasteiger partial charge < -0.3 is 9.88 Å². The van der Waals surface area contributed by atoms with E-state index in [-0.39, 0.29) is 22.5 Å². The lowest BCUT2D eigenvalue weighted by atomic mass is 10.1. The van der Waals surface area contributed by atoms with Crippen LogP contribution >= 0.6 is 0 Å². The van der Waals surface area contributed by atoms with Crippen LogP contribution in [0, 0.1) is 15.9 Å². The third-order valence-corrected chi connectivity index (χ3v) is 5.67. The van der Waals surface area contributed by atoms with E-state index in [0.29, 0.717) is 18.1 Å². The number of fused-ring (bicyclic) bond motifs is 1. The molecule has 1 N–H and O–H groups in total. The highest BCUT2D eigenvalue weighted by atomic mass is 19.1. The second kappa shape index (κ2) is 8.81. The minimum atomic E-state index is -0.596. The summed E-state index contributed by atoms with van der Waals surface area (Å²) in [5.74, 6) is 0.176. The third kappa shape index (κ3) is 4.00. The lowest BCUT2D eigenvalue weighted by Crippen LogP contribution is -2.13. The van der Waals surface area contributed by atoms with Gasteiger partial charge in [-0.2, -0.15) is 5.10 Å². The Hall–Kier alpha value is -4.48. The topological polar surface area (TPSA) is 134 Å². The number of anilines is 1. The number of nitro benzene ring substituents is 1. The van der Waals surface area contributed by atoms with Crippen molar-refractivity contribution in [3.8, 4) is 17.1 Å². The molecular formula is C22H19FN8O3. The van der Waals surface area contributed by atoms with Gasteiger partial charge in [0, 0.05) is 30.3 Å². The molecule has 4 aromatic rings. The molecule has 0 aliphatic carbocycles. The van der Waals surface area contributed by atoms with Crippen LogP contribution in [0.1, 0.15) is 35.4 Å². The Bertz CT molecular complexity index is 1380. The van der Waals surface area contributed by atoms with E-state index in [9.17, 15) is 19.3 Å². The predicted molar refractivity (Wildman–Crippen MR) is 119 cm³/mol. The van der Waals surface area contributed by atoms with Crippen molar-refractivity contribution in [2.24, 2.45) is 0 Å². The Kier molecular flexibility index (Phi) is 5.54. The van der Waals surface area contributed by atoms with Gasteiger partial charge in [-0.1, -0.05) is 6.42 Å². The molecule has 1 amide bonds. The minimum absolute atomic E-state index is 0.0674. The van der Waals surface area contributed by atoms with Crippen LogP contribution in [0.5, 0.6) is 0 Å². The number of hydrogen-bond acceptors (Lipinski definition) is 7. The van der Waals surface area contributed by atoms with Crippen LogP contribution in [-0.4, -0.2) is 40.4 Å². The largest absolute Gasteiger partial charge is 0.322 e. The summed E-state index contributed by atoms with van der Waals surface area (Å²) in [7, 11) is 0. The molecule has 0 atom stereocenters. The Balaban J connectivity index is 1.44. The fourth-order valence-corrected chi connectivity index (χ4v) is 4.00. The number of nitro groups is 1. The number of benzene rings is 2. The fourth-order valence-electron chi connectivity index (χ4n) is 4.00. The molecule has 12 heteroatoms. The second-order valence-corrected chi connectivity index (χ2v) is 7.85. The number of amides is 1. The molecule has 1 aliphatic heterocycles. The van der Waals surface area contributed by atoms with Crippen molar-refractivity contribution in [3.63, 3.8) is 0 Å². The molecule has 3 heterocycles. The molecule has 2 aromatic carbocycles. The number of aromatic nitrogens is 6. The molecule has 0 saturated heterocycles. The first-order valence-electron chi connectivity index (χ1n) is 10.7. The number of halogens is 1. The summed E-state index contributed by atoms with van der Waals surface area (Å²) in [5.41, 5.74) is 0.499. The van der Waals surface area contributed by atoms with Crippen LogP contribution in [-0.2, 0) is 13.0 Å². The number of hydrogen-bond donors (Lipinski definition) is 1. The monoisotopic (exact) mass is 462 g/mol. The van der Waals surface area contributed by atoms with E-state index in [2.05, 4.69) is 25.6 Å². The van der Waals surface area contributed by atoms with Gasteiger partial charge in [-0.3, -0.25) is 14.9 Å². The van der Waals surface area contributed by atoms with Crippen LogP contribution < -0.4 is 5.32 Å². The Morgan fingerprint density at radius 3 is 2.79 bits per heavy atom. The van der Waals surface area contributed by atoms with Gasteiger partial charge in [0.05, 0.1) is 10.5 Å². The van der Waals surface area contributed by atoms with Gasteiger partial charge in [-0.05, 0) is 43.2 Å². The van der Waals surface area contributed by atoms with Gasteiger partial charge >= 0.3 is 0 Å². The fraction of sp³-hybridized carbons (Fsp3) is 0.227. The molecule has 2 aromatic heterocycles. The lowest BCUT2D eigenvalue weighted by Gasteiger charge is -2.11. The van der Waals surface area contributed by atoms with E-state index >= 15 is 0 Å². The zero-order valence-corrected chi connectivity index (χ0v) is 17.9. The van der Waals surface area contributed by atoms with Crippen LogP contribution in [0.25, 0.3) is 17.1 Å². The molecule has 0 saturated carbocycles. The van der Waals surface area contributed by atoms with Crippen LogP contribution in [0.15, 0.2) is 49.1 Å². The maximum Gasteiger partial charge on any atom is 0.295 e. The summed E-state index contributed by atoms with van der Waals surface area (Å²) in [6.45, 7) is 0.704. The molecule has 0 bridgehead atoms. The molecule has 0 fully saturated rings. The number of nitrogens with zero attached hydrogens (tertiary/aromatic N) is 7. The predicted octanol–water partition coefficient (Wildman–Crippen LogP) is 3.55. The van der Waals surface area contributed by atoms with Gasteiger partial charge in [0.2, 0.25) is 0 Å². The number of aryl methyl sites for hydroxylation is 1. The maximum absolute atomic E-state index is 14.7. The quantitative estimate of drug-likeness (QED) is 0.354. The van der Waals surface area contributed by atoms with Gasteiger partial charge in [0.1, 0.15) is 30.0 Å². The molecular weight excluding hydrogens is 443 g/mol. The number of carbonyl (C=O) groups is 1. The SMILES string of the molecule is O=C(Nc1ccc(F)c(-c2nnc3n2CCCCC3)c1)c1ccc(-n2cncn2)c([N+](=O)[O-])c1. The summed E-state index contributed by atoms with van der Waals surface area (Å²) in [6, 6.07) is 8.20. The first kappa shape index (κ1) is 21.4. The zero-order chi connectivity index (χ0) is 23.7. The van der Waals surface area contributed by atoms with Crippen molar-refractivity contribution in [1.82, 2.24) is 29.5 Å². The summed E-state index contributed by atoms with van der Waals surface area (Å²) < 4.78 is 17.9. The summed E-state index contributed by atoms with van der Waals surface area (Å²) in [5, 5.41) is 26.5. The Morgan fingerprint density at radius 1 is 1.12 bits per heavy atom. The molecule has 5 rings (SSSR count). The molecule has 11 nitrogen and oxygen atoms in total. The van der Waals surface area contributed by atoms with E-state index in [0.717, 1.165) is 37.6 Å². The number of rotatable bonds is 5. The van der Waals surface area contributed by atoms with Crippen molar-refractivity contribution >= 4 is 17.3 Å². The Morgan fingerprint density at radius 2 is 2.00 bits per heavy atom. The van der Waals surface area contributed by atoms with Crippen LogP contribution in [0.3, 0.4) is 0 Å². The highest BCUT2D eigenvalue weighted by Crippen LogP contribution is 2.28. The average molecular weight is 462 g/mol. The zero-order valence-electron chi connectivity index (χ0n) is 17.9. The molecule has 0 radical (unpaired) electrons. The normalized spacial score (nSPS) is 13.2. The van der Waals surface area contributed by atoms with Crippen LogP contribution in [0.4, 0.5) is 15.8 Å². The van der Waals surface area contributed by atoms with Gasteiger partial charge in [-0.25, -0.2) is 14.1 Å². The maximum atomic E-state index is 14.7. The standard InChI is InChI=1S/C22H19FN8O3/c23-17-7-6-15(11-16(17)21-28-27-20-4-2-1-3-9-29(20)21)26-22(32)14-5-8-18(19(10-14)31(33)34)30-13-24-12-25-30/h5-8,10-13H,1-4,9H2,(H,26,32). The van der Waals surface area contributed by atoms with Crippen LogP contribution in [0.2, 0.25) is 0 Å². The van der Waals surface area contributed by atoms with E-state index in [1.807, 2.05) is 4.57 Å². The lowest BCUT2D eigenvalue weighted by molar-refractivity contribution is -0.384. The van der Waals surface area contributed by atoms with E-state index in [1.54, 1.807) is 0 Å². The number of carbonyl (C=O) groups excluding carboxylic acids is 1. The van der Waals surface area contributed by atoms with E-state index in [1.165, 1.54) is 47.7 Å². The summed E-state index contributed by atoms with van der Waals surface area (Å²) >= 11 is 0. The van der Waals surface area contributed by atoms with Crippen molar-refractivity contribution in [2.45, 2.75) is 32.2 Å². The van der Waals surface area contributed by atoms with Crippen molar-refractivity contribution < 1.29 is 14.1 Å². The van der Waals surface area contributed by atoms with Crippen molar-refractivity contribution in [3.05, 3.63) is 76.4 Å². The molecule has 0 spiro atoms. The van der Waals surface area contributed by atoms with Gasteiger partial charge in [-0.15, -0.1) is 10.2 Å². The minimum Gasteiger partial charge on any atom is -0.322 e. The third-order valence-electron chi connectivity index (χ3n) is 5.67. The smallest absolute Gasteiger partial charge is 0.295 e. The summed E-state index contributed by atoms with van der Waals surface area (Å²) in [4.78, 5) is 27.6. The Labute approximate surface area is 192 Å². The van der Waals surface area contributed by atoms with Crippen molar-refractivity contribution in [2.75, 3.05) is 5.32 Å². The highest BCUT2D eigenvalue weighted by Gasteiger charge is 2.21. The molecule has 0 unspecified atom stereocenters. The number of nitrogens with one attached hydrogen (secondary N) is 1. The first-order chi connectivity index (χ1) is 16.5.